The standard InChI is InChI=1S/C13H18N2O2/c1-9-5-4-8-15(10(9)2)13(17)12-11(16)6-3-7-14-12/h3,6-7,9-10,16H,4-5,8H2,1-2H3. The third-order valence-corrected chi connectivity index (χ3v) is 3.62. The first-order valence-electron chi connectivity index (χ1n) is 6.06. The fourth-order valence-electron chi connectivity index (χ4n) is 2.32. The summed E-state index contributed by atoms with van der Waals surface area (Å²) in [6, 6.07) is 3.32. The number of nitrogens with zero attached hydrogens (tertiary/aromatic N) is 2. The van der Waals surface area contributed by atoms with Crippen LogP contribution in [0.2, 0.25) is 0 Å². The van der Waals surface area contributed by atoms with Gasteiger partial charge in [0.2, 0.25) is 0 Å². The molecular formula is C13H18N2O2. The summed E-state index contributed by atoms with van der Waals surface area (Å²) in [4.78, 5) is 18.1. The average molecular weight is 234 g/mol. The lowest BCUT2D eigenvalue weighted by molar-refractivity contribution is 0.0542. The molecule has 1 N–H and O–H groups in total. The second kappa shape index (κ2) is 4.73. The van der Waals surface area contributed by atoms with Crippen LogP contribution in [0.25, 0.3) is 0 Å². The number of carbonyl (C=O) groups excluding carboxylic acids is 1. The molecule has 2 unspecified atom stereocenters. The summed E-state index contributed by atoms with van der Waals surface area (Å²) in [6.07, 6.45) is 3.70. The van der Waals surface area contributed by atoms with Gasteiger partial charge in [-0.2, -0.15) is 0 Å². The normalized spacial score (nSPS) is 24.7. The second-order valence-electron chi connectivity index (χ2n) is 4.73. The van der Waals surface area contributed by atoms with Crippen molar-refractivity contribution in [1.29, 1.82) is 0 Å². The van der Waals surface area contributed by atoms with Crippen molar-refractivity contribution in [1.82, 2.24) is 9.88 Å². The van der Waals surface area contributed by atoms with E-state index in [9.17, 15) is 9.90 Å². The van der Waals surface area contributed by atoms with Crippen molar-refractivity contribution < 1.29 is 9.90 Å². The third kappa shape index (κ3) is 2.25. The zero-order valence-electron chi connectivity index (χ0n) is 10.3. The Morgan fingerprint density at radius 2 is 2.29 bits per heavy atom. The van der Waals surface area contributed by atoms with E-state index in [4.69, 9.17) is 0 Å². The summed E-state index contributed by atoms with van der Waals surface area (Å²) in [5, 5.41) is 9.65. The average Bonchev–Trinajstić information content (AvgIpc) is 2.32. The predicted octanol–water partition coefficient (Wildman–Crippen LogP) is 2.05. The lowest BCUT2D eigenvalue weighted by Crippen LogP contribution is -2.46. The monoisotopic (exact) mass is 234 g/mol. The van der Waals surface area contributed by atoms with Crippen LogP contribution in [0.15, 0.2) is 18.3 Å². The number of aromatic nitrogens is 1. The molecule has 0 radical (unpaired) electrons. The molecule has 0 aromatic carbocycles. The van der Waals surface area contributed by atoms with Gasteiger partial charge in [-0.05, 0) is 37.8 Å². The zero-order valence-corrected chi connectivity index (χ0v) is 10.3. The molecule has 17 heavy (non-hydrogen) atoms. The first-order valence-corrected chi connectivity index (χ1v) is 6.06. The number of aromatic hydroxyl groups is 1. The van der Waals surface area contributed by atoms with Gasteiger partial charge < -0.3 is 10.0 Å². The topological polar surface area (TPSA) is 53.4 Å². The molecule has 1 aliphatic heterocycles. The Hall–Kier alpha value is -1.58. The smallest absolute Gasteiger partial charge is 0.276 e. The van der Waals surface area contributed by atoms with Crippen LogP contribution in [-0.4, -0.2) is 33.5 Å². The van der Waals surface area contributed by atoms with Crippen LogP contribution in [-0.2, 0) is 0 Å². The quantitative estimate of drug-likeness (QED) is 0.809. The SMILES string of the molecule is CC1CCCN(C(=O)c2ncccc2O)C1C. The van der Waals surface area contributed by atoms with Gasteiger partial charge >= 0.3 is 0 Å². The van der Waals surface area contributed by atoms with Crippen LogP contribution in [0.4, 0.5) is 0 Å². The molecule has 2 atom stereocenters. The molecule has 2 heterocycles. The van der Waals surface area contributed by atoms with E-state index >= 15 is 0 Å². The van der Waals surface area contributed by atoms with E-state index in [-0.39, 0.29) is 23.4 Å². The van der Waals surface area contributed by atoms with Gasteiger partial charge in [-0.25, -0.2) is 4.98 Å². The van der Waals surface area contributed by atoms with Crippen molar-refractivity contribution in [3.63, 3.8) is 0 Å². The molecule has 1 saturated heterocycles. The van der Waals surface area contributed by atoms with Crippen LogP contribution < -0.4 is 0 Å². The molecule has 0 aliphatic carbocycles. The number of hydrogen-bond acceptors (Lipinski definition) is 3. The summed E-state index contributed by atoms with van der Waals surface area (Å²) >= 11 is 0. The van der Waals surface area contributed by atoms with E-state index in [2.05, 4.69) is 18.8 Å². The largest absolute Gasteiger partial charge is 0.505 e. The summed E-state index contributed by atoms with van der Waals surface area (Å²) in [6.45, 7) is 4.96. The Morgan fingerprint density at radius 3 is 3.00 bits per heavy atom. The van der Waals surface area contributed by atoms with Crippen molar-refractivity contribution in [3.05, 3.63) is 24.0 Å². The van der Waals surface area contributed by atoms with Crippen molar-refractivity contribution in [2.75, 3.05) is 6.54 Å². The van der Waals surface area contributed by atoms with Gasteiger partial charge in [0, 0.05) is 18.8 Å². The molecule has 0 bridgehead atoms. The van der Waals surface area contributed by atoms with E-state index in [1.807, 2.05) is 4.90 Å². The molecule has 1 amide bonds. The molecule has 4 nitrogen and oxygen atoms in total. The van der Waals surface area contributed by atoms with Crippen molar-refractivity contribution in [2.45, 2.75) is 32.7 Å². The number of carbonyl (C=O) groups is 1. The highest BCUT2D eigenvalue weighted by atomic mass is 16.3. The van der Waals surface area contributed by atoms with E-state index in [0.717, 1.165) is 19.4 Å². The van der Waals surface area contributed by atoms with Gasteiger partial charge in [0.15, 0.2) is 5.69 Å². The zero-order chi connectivity index (χ0) is 12.4. The maximum atomic E-state index is 12.3. The molecule has 2 rings (SSSR count). The minimum absolute atomic E-state index is 0.0390. The molecule has 1 aromatic heterocycles. The van der Waals surface area contributed by atoms with Crippen LogP contribution in [0.1, 0.15) is 37.2 Å². The van der Waals surface area contributed by atoms with Gasteiger partial charge in [0.25, 0.3) is 5.91 Å². The van der Waals surface area contributed by atoms with E-state index < -0.39 is 0 Å². The lowest BCUT2D eigenvalue weighted by Gasteiger charge is -2.37. The Labute approximate surface area is 101 Å². The predicted molar refractivity (Wildman–Crippen MR) is 64.8 cm³/mol. The number of pyridine rings is 1. The molecule has 0 spiro atoms. The van der Waals surface area contributed by atoms with E-state index in [0.29, 0.717) is 5.92 Å². The fourth-order valence-corrected chi connectivity index (χ4v) is 2.32. The minimum Gasteiger partial charge on any atom is -0.505 e. The van der Waals surface area contributed by atoms with E-state index in [1.165, 1.54) is 12.3 Å². The molecule has 1 aliphatic rings. The molecule has 0 saturated carbocycles. The summed E-state index contributed by atoms with van der Waals surface area (Å²) in [5.74, 6) is 0.295. The number of rotatable bonds is 1. The van der Waals surface area contributed by atoms with Gasteiger partial charge in [-0.1, -0.05) is 6.92 Å². The lowest BCUT2D eigenvalue weighted by atomic mass is 9.92. The Bertz CT molecular complexity index is 420. The highest BCUT2D eigenvalue weighted by molar-refractivity contribution is 5.95. The van der Waals surface area contributed by atoms with Gasteiger partial charge in [0.1, 0.15) is 5.75 Å². The molecular weight excluding hydrogens is 216 g/mol. The Morgan fingerprint density at radius 1 is 1.53 bits per heavy atom. The highest BCUT2D eigenvalue weighted by Gasteiger charge is 2.30. The van der Waals surface area contributed by atoms with Crippen molar-refractivity contribution in [2.24, 2.45) is 5.92 Å². The molecule has 4 heteroatoms. The highest BCUT2D eigenvalue weighted by Crippen LogP contribution is 2.25. The maximum absolute atomic E-state index is 12.3. The summed E-state index contributed by atoms with van der Waals surface area (Å²) < 4.78 is 0. The van der Waals surface area contributed by atoms with E-state index in [1.54, 1.807) is 6.07 Å². The Kier molecular flexibility index (Phi) is 3.31. The Balaban J connectivity index is 2.23. The number of hydrogen-bond donors (Lipinski definition) is 1. The van der Waals surface area contributed by atoms with Crippen LogP contribution in [0.3, 0.4) is 0 Å². The van der Waals surface area contributed by atoms with Gasteiger partial charge in [-0.15, -0.1) is 0 Å². The third-order valence-electron chi connectivity index (χ3n) is 3.62. The van der Waals surface area contributed by atoms with Gasteiger partial charge in [0.05, 0.1) is 0 Å². The number of amides is 1. The first-order chi connectivity index (χ1) is 8.11. The molecule has 92 valence electrons. The van der Waals surface area contributed by atoms with Gasteiger partial charge in [-0.3, -0.25) is 4.79 Å². The maximum Gasteiger partial charge on any atom is 0.276 e. The molecule has 1 aromatic rings. The van der Waals surface area contributed by atoms with Crippen molar-refractivity contribution >= 4 is 5.91 Å². The fraction of sp³-hybridized carbons (Fsp3) is 0.538. The van der Waals surface area contributed by atoms with Crippen LogP contribution in [0, 0.1) is 5.92 Å². The number of piperidine rings is 1. The number of likely N-dealkylation sites (tertiary alicyclic amines) is 1. The summed E-state index contributed by atoms with van der Waals surface area (Å²) in [7, 11) is 0. The first kappa shape index (κ1) is 11.9. The second-order valence-corrected chi connectivity index (χ2v) is 4.73. The molecule has 1 fully saturated rings. The van der Waals surface area contributed by atoms with Crippen LogP contribution >= 0.6 is 0 Å². The summed E-state index contributed by atoms with van der Waals surface area (Å²) in [5.41, 5.74) is 0.161. The van der Waals surface area contributed by atoms with Crippen molar-refractivity contribution in [3.8, 4) is 5.75 Å². The minimum atomic E-state index is -0.165. The van der Waals surface area contributed by atoms with Crippen LogP contribution in [0.5, 0.6) is 5.75 Å².